The van der Waals surface area contributed by atoms with Gasteiger partial charge in [0.1, 0.15) is 5.75 Å². The highest BCUT2D eigenvalue weighted by atomic mass is 16.5. The Morgan fingerprint density at radius 3 is 2.33 bits per heavy atom. The number of hydrogen-bond donors (Lipinski definition) is 1. The zero-order valence-electron chi connectivity index (χ0n) is 9.63. The second kappa shape index (κ2) is 4.45. The summed E-state index contributed by atoms with van der Waals surface area (Å²) in [6.07, 6.45) is 0. The minimum absolute atomic E-state index is 0.0880. The molecule has 2 N–H and O–H groups in total. The van der Waals surface area contributed by atoms with E-state index in [0.29, 0.717) is 11.3 Å². The predicted molar refractivity (Wildman–Crippen MR) is 60.4 cm³/mol. The van der Waals surface area contributed by atoms with Crippen molar-refractivity contribution in [2.45, 2.75) is 26.8 Å². The number of carbonyl (C=O) groups excluding carboxylic acids is 1. The molecule has 3 heteroatoms. The maximum atomic E-state index is 11.8. The van der Waals surface area contributed by atoms with E-state index in [1.807, 2.05) is 26.0 Å². The molecule has 1 aromatic carbocycles. The lowest BCUT2D eigenvalue weighted by Gasteiger charge is -2.12. The monoisotopic (exact) mass is 207 g/mol. The number of rotatable bonds is 3. The average molecular weight is 207 g/mol. The minimum Gasteiger partial charge on any atom is -0.496 e. The SMILES string of the molecule is COc1cc(C)c(C)cc1C(=O)C(C)N. The van der Waals surface area contributed by atoms with E-state index in [-0.39, 0.29) is 5.78 Å². The number of nitrogens with two attached hydrogens (primary N) is 1. The highest BCUT2D eigenvalue weighted by Crippen LogP contribution is 2.23. The van der Waals surface area contributed by atoms with Gasteiger partial charge in [0.15, 0.2) is 5.78 Å². The molecule has 0 fully saturated rings. The molecule has 3 nitrogen and oxygen atoms in total. The first-order chi connectivity index (χ1) is 6.97. The van der Waals surface area contributed by atoms with Gasteiger partial charge in [-0.1, -0.05) is 0 Å². The molecular formula is C12H17NO2. The molecule has 0 saturated heterocycles. The van der Waals surface area contributed by atoms with Crippen molar-refractivity contribution in [3.8, 4) is 5.75 Å². The van der Waals surface area contributed by atoms with Gasteiger partial charge >= 0.3 is 0 Å². The first kappa shape index (κ1) is 11.7. The highest BCUT2D eigenvalue weighted by Gasteiger charge is 2.16. The number of Topliss-reactive ketones (excluding diaryl/α,β-unsaturated/α-hetero) is 1. The molecule has 0 aliphatic carbocycles. The Labute approximate surface area is 90.2 Å². The van der Waals surface area contributed by atoms with Gasteiger partial charge in [0.05, 0.1) is 18.7 Å². The maximum absolute atomic E-state index is 11.8. The summed E-state index contributed by atoms with van der Waals surface area (Å²) < 4.78 is 5.18. The van der Waals surface area contributed by atoms with E-state index in [2.05, 4.69) is 0 Å². The Bertz CT molecular complexity index is 383. The maximum Gasteiger partial charge on any atom is 0.182 e. The van der Waals surface area contributed by atoms with Gasteiger partial charge < -0.3 is 10.5 Å². The van der Waals surface area contributed by atoms with E-state index >= 15 is 0 Å². The van der Waals surface area contributed by atoms with Crippen molar-refractivity contribution in [1.29, 1.82) is 0 Å². The van der Waals surface area contributed by atoms with E-state index in [1.165, 1.54) is 0 Å². The lowest BCUT2D eigenvalue weighted by molar-refractivity contribution is 0.0965. The molecule has 82 valence electrons. The van der Waals surface area contributed by atoms with Crippen LogP contribution < -0.4 is 10.5 Å². The summed E-state index contributed by atoms with van der Waals surface area (Å²) >= 11 is 0. The fraction of sp³-hybridized carbons (Fsp3) is 0.417. The molecule has 0 aliphatic rings. The number of ether oxygens (including phenoxy) is 1. The number of methoxy groups -OCH3 is 1. The second-order valence-corrected chi connectivity index (χ2v) is 3.79. The van der Waals surface area contributed by atoms with Crippen LogP contribution >= 0.6 is 0 Å². The van der Waals surface area contributed by atoms with Gasteiger partial charge in [-0.05, 0) is 44.0 Å². The van der Waals surface area contributed by atoms with Gasteiger partial charge in [-0.15, -0.1) is 0 Å². The fourth-order valence-corrected chi connectivity index (χ4v) is 1.40. The molecular weight excluding hydrogens is 190 g/mol. The lowest BCUT2D eigenvalue weighted by Crippen LogP contribution is -2.27. The number of hydrogen-bond acceptors (Lipinski definition) is 3. The van der Waals surface area contributed by atoms with Crippen LogP contribution in [0.1, 0.15) is 28.4 Å². The summed E-state index contributed by atoms with van der Waals surface area (Å²) in [6.45, 7) is 5.63. The van der Waals surface area contributed by atoms with Crippen LogP contribution in [0.2, 0.25) is 0 Å². The first-order valence-electron chi connectivity index (χ1n) is 4.92. The predicted octanol–water partition coefficient (Wildman–Crippen LogP) is 1.84. The van der Waals surface area contributed by atoms with E-state index < -0.39 is 6.04 Å². The van der Waals surface area contributed by atoms with Crippen LogP contribution in [-0.2, 0) is 0 Å². The van der Waals surface area contributed by atoms with Crippen LogP contribution in [0.15, 0.2) is 12.1 Å². The van der Waals surface area contributed by atoms with Gasteiger partial charge in [0.25, 0.3) is 0 Å². The normalized spacial score (nSPS) is 12.3. The molecule has 0 aliphatic heterocycles. The molecule has 15 heavy (non-hydrogen) atoms. The largest absolute Gasteiger partial charge is 0.496 e. The molecule has 0 aromatic heterocycles. The standard InChI is InChI=1S/C12H17NO2/c1-7-5-10(12(14)9(3)13)11(15-4)6-8(7)2/h5-6,9H,13H2,1-4H3. The van der Waals surface area contributed by atoms with Crippen molar-refractivity contribution in [2.24, 2.45) is 5.73 Å². The molecule has 0 radical (unpaired) electrons. The molecule has 0 spiro atoms. The van der Waals surface area contributed by atoms with Gasteiger partial charge in [-0.3, -0.25) is 4.79 Å². The first-order valence-corrected chi connectivity index (χ1v) is 4.92. The Morgan fingerprint density at radius 1 is 1.33 bits per heavy atom. The van der Waals surface area contributed by atoms with Crippen molar-refractivity contribution in [2.75, 3.05) is 7.11 Å². The van der Waals surface area contributed by atoms with Gasteiger partial charge in [-0.2, -0.15) is 0 Å². The van der Waals surface area contributed by atoms with E-state index in [9.17, 15) is 4.79 Å². The smallest absolute Gasteiger partial charge is 0.182 e. The van der Waals surface area contributed by atoms with Crippen molar-refractivity contribution < 1.29 is 9.53 Å². The molecule has 1 atom stereocenters. The molecule has 0 heterocycles. The molecule has 0 saturated carbocycles. The van der Waals surface area contributed by atoms with Gasteiger partial charge in [-0.25, -0.2) is 0 Å². The third-order valence-corrected chi connectivity index (χ3v) is 2.49. The molecule has 0 bridgehead atoms. The van der Waals surface area contributed by atoms with Crippen LogP contribution in [0.25, 0.3) is 0 Å². The Balaban J connectivity index is 3.27. The van der Waals surface area contributed by atoms with E-state index in [4.69, 9.17) is 10.5 Å². The van der Waals surface area contributed by atoms with Crippen molar-refractivity contribution in [3.05, 3.63) is 28.8 Å². The Morgan fingerprint density at radius 2 is 1.87 bits per heavy atom. The Kier molecular flexibility index (Phi) is 3.48. The quantitative estimate of drug-likeness (QED) is 0.769. The lowest BCUT2D eigenvalue weighted by atomic mass is 9.99. The van der Waals surface area contributed by atoms with Gasteiger partial charge in [0, 0.05) is 0 Å². The molecule has 1 unspecified atom stereocenters. The van der Waals surface area contributed by atoms with Crippen molar-refractivity contribution in [1.82, 2.24) is 0 Å². The Hall–Kier alpha value is -1.35. The highest BCUT2D eigenvalue weighted by molar-refractivity contribution is 6.02. The summed E-state index contributed by atoms with van der Waals surface area (Å²) in [5.74, 6) is 0.510. The van der Waals surface area contributed by atoms with Crippen LogP contribution in [0, 0.1) is 13.8 Å². The number of aryl methyl sites for hydroxylation is 2. The topological polar surface area (TPSA) is 52.3 Å². The summed E-state index contributed by atoms with van der Waals surface area (Å²) in [4.78, 5) is 11.8. The average Bonchev–Trinajstić information content (AvgIpc) is 2.20. The van der Waals surface area contributed by atoms with E-state index in [0.717, 1.165) is 11.1 Å². The summed E-state index contributed by atoms with van der Waals surface area (Å²) in [5, 5.41) is 0. The zero-order chi connectivity index (χ0) is 11.6. The zero-order valence-corrected chi connectivity index (χ0v) is 9.63. The molecule has 0 amide bonds. The van der Waals surface area contributed by atoms with Crippen LogP contribution in [0.4, 0.5) is 0 Å². The third-order valence-electron chi connectivity index (χ3n) is 2.49. The van der Waals surface area contributed by atoms with E-state index in [1.54, 1.807) is 14.0 Å². The summed E-state index contributed by atoms with van der Waals surface area (Å²) in [7, 11) is 1.56. The number of ketones is 1. The summed E-state index contributed by atoms with van der Waals surface area (Å²) in [5.41, 5.74) is 8.31. The van der Waals surface area contributed by atoms with Crippen molar-refractivity contribution >= 4 is 5.78 Å². The minimum atomic E-state index is -0.499. The second-order valence-electron chi connectivity index (χ2n) is 3.79. The van der Waals surface area contributed by atoms with Crippen molar-refractivity contribution in [3.63, 3.8) is 0 Å². The number of carbonyl (C=O) groups is 1. The number of benzene rings is 1. The van der Waals surface area contributed by atoms with Crippen LogP contribution in [-0.4, -0.2) is 18.9 Å². The summed E-state index contributed by atoms with van der Waals surface area (Å²) in [6, 6.07) is 3.20. The third kappa shape index (κ3) is 2.36. The van der Waals surface area contributed by atoms with Gasteiger partial charge in [0.2, 0.25) is 0 Å². The molecule has 1 rings (SSSR count). The fourth-order valence-electron chi connectivity index (χ4n) is 1.40. The van der Waals surface area contributed by atoms with Crippen LogP contribution in [0.5, 0.6) is 5.75 Å². The van der Waals surface area contributed by atoms with Crippen LogP contribution in [0.3, 0.4) is 0 Å². The molecule has 1 aromatic rings.